The van der Waals surface area contributed by atoms with Crippen molar-refractivity contribution in [3.8, 4) is 0 Å². The number of rotatable bonds is 3. The summed E-state index contributed by atoms with van der Waals surface area (Å²) in [7, 11) is 0. The second-order valence-electron chi connectivity index (χ2n) is 2.85. The minimum atomic E-state index is -0.199. The van der Waals surface area contributed by atoms with Crippen LogP contribution in [0.3, 0.4) is 0 Å². The predicted octanol–water partition coefficient (Wildman–Crippen LogP) is 2.52. The Hall–Kier alpha value is -0.700. The van der Waals surface area contributed by atoms with E-state index in [-0.39, 0.29) is 5.97 Å². The van der Waals surface area contributed by atoms with E-state index in [0.29, 0.717) is 17.4 Å². The van der Waals surface area contributed by atoms with E-state index >= 15 is 0 Å². The van der Waals surface area contributed by atoms with Crippen LogP contribution in [-0.2, 0) is 9.53 Å². The molecule has 1 unspecified atom stereocenters. The van der Waals surface area contributed by atoms with E-state index in [1.165, 1.54) is 0 Å². The second-order valence-corrected chi connectivity index (χ2v) is 4.00. The highest BCUT2D eigenvalue weighted by molar-refractivity contribution is 8.03. The molecule has 0 bridgehead atoms. The van der Waals surface area contributed by atoms with Gasteiger partial charge in [0.05, 0.1) is 6.61 Å². The van der Waals surface area contributed by atoms with Gasteiger partial charge >= 0.3 is 5.97 Å². The molecule has 3 heteroatoms. The van der Waals surface area contributed by atoms with Crippen molar-refractivity contribution in [2.24, 2.45) is 0 Å². The van der Waals surface area contributed by atoms with E-state index in [9.17, 15) is 4.79 Å². The summed E-state index contributed by atoms with van der Waals surface area (Å²) in [6.07, 6.45) is 5.11. The van der Waals surface area contributed by atoms with Gasteiger partial charge in [0.25, 0.3) is 0 Å². The molecule has 0 spiro atoms. The molecule has 0 fully saturated rings. The monoisotopic (exact) mass is 198 g/mol. The molecule has 0 saturated heterocycles. The molecule has 13 heavy (non-hydrogen) atoms. The van der Waals surface area contributed by atoms with Crippen LogP contribution in [0.2, 0.25) is 0 Å². The Morgan fingerprint density at radius 2 is 2.54 bits per heavy atom. The number of hydrogen-bond acceptors (Lipinski definition) is 3. The van der Waals surface area contributed by atoms with E-state index in [0.717, 1.165) is 6.42 Å². The van der Waals surface area contributed by atoms with Gasteiger partial charge in [-0.1, -0.05) is 12.2 Å². The zero-order valence-corrected chi connectivity index (χ0v) is 8.76. The highest BCUT2D eigenvalue weighted by atomic mass is 32.2. The molecule has 72 valence electrons. The molecule has 0 saturated carbocycles. The Balaban J connectivity index is 2.45. The zero-order valence-electron chi connectivity index (χ0n) is 7.95. The third-order valence-electron chi connectivity index (χ3n) is 1.75. The standard InChI is InChI=1S/C10H14O2S/c1-3-12-10(11)8(2)7-9-5-4-6-13-9/h4,6-7,9H,3,5H2,1-2H3/b8-7+. The van der Waals surface area contributed by atoms with Gasteiger partial charge in [-0.25, -0.2) is 4.79 Å². The highest BCUT2D eigenvalue weighted by Gasteiger charge is 2.11. The summed E-state index contributed by atoms with van der Waals surface area (Å²) in [5, 5.41) is 2.49. The fraction of sp³-hybridized carbons (Fsp3) is 0.500. The largest absolute Gasteiger partial charge is 0.463 e. The first-order chi connectivity index (χ1) is 6.24. The maximum absolute atomic E-state index is 11.2. The average Bonchev–Trinajstić information content (AvgIpc) is 2.57. The Labute approximate surface area is 83.0 Å². The Morgan fingerprint density at radius 3 is 3.08 bits per heavy atom. The maximum Gasteiger partial charge on any atom is 0.333 e. The van der Waals surface area contributed by atoms with Gasteiger partial charge in [-0.3, -0.25) is 0 Å². The van der Waals surface area contributed by atoms with Crippen LogP contribution < -0.4 is 0 Å². The number of ether oxygens (including phenoxy) is 1. The van der Waals surface area contributed by atoms with Gasteiger partial charge in [-0.15, -0.1) is 11.8 Å². The summed E-state index contributed by atoms with van der Waals surface area (Å²) in [5.74, 6) is -0.199. The molecular weight excluding hydrogens is 184 g/mol. The van der Waals surface area contributed by atoms with Crippen LogP contribution in [0.4, 0.5) is 0 Å². The second kappa shape index (κ2) is 5.12. The molecule has 0 aromatic heterocycles. The minimum Gasteiger partial charge on any atom is -0.463 e. The Morgan fingerprint density at radius 1 is 1.77 bits per heavy atom. The Bertz CT molecular complexity index is 235. The molecule has 0 aliphatic carbocycles. The van der Waals surface area contributed by atoms with Crippen LogP contribution in [0.15, 0.2) is 23.1 Å². The molecule has 0 N–H and O–H groups in total. The normalized spacial score (nSPS) is 22.0. The van der Waals surface area contributed by atoms with Crippen molar-refractivity contribution in [2.75, 3.05) is 6.61 Å². The van der Waals surface area contributed by atoms with Gasteiger partial charge in [0.1, 0.15) is 0 Å². The molecule has 0 amide bonds. The van der Waals surface area contributed by atoms with Crippen LogP contribution >= 0.6 is 11.8 Å². The van der Waals surface area contributed by atoms with Gasteiger partial charge in [-0.05, 0) is 25.7 Å². The summed E-state index contributed by atoms with van der Waals surface area (Å²) in [5.41, 5.74) is 0.711. The minimum absolute atomic E-state index is 0.199. The number of hydrogen-bond donors (Lipinski definition) is 0. The van der Waals surface area contributed by atoms with Crippen LogP contribution in [0, 0.1) is 0 Å². The summed E-state index contributed by atoms with van der Waals surface area (Å²) in [6, 6.07) is 0. The number of allylic oxidation sites excluding steroid dienone is 1. The first kappa shape index (κ1) is 10.4. The lowest BCUT2D eigenvalue weighted by molar-refractivity contribution is -0.138. The molecule has 0 aromatic carbocycles. The first-order valence-corrected chi connectivity index (χ1v) is 5.34. The van der Waals surface area contributed by atoms with E-state index in [1.807, 2.05) is 13.0 Å². The quantitative estimate of drug-likeness (QED) is 0.515. The van der Waals surface area contributed by atoms with E-state index < -0.39 is 0 Å². The van der Waals surface area contributed by atoms with Crippen molar-refractivity contribution in [3.63, 3.8) is 0 Å². The summed E-state index contributed by atoms with van der Waals surface area (Å²) in [6.45, 7) is 4.06. The lowest BCUT2D eigenvalue weighted by atomic mass is 10.2. The fourth-order valence-corrected chi connectivity index (χ4v) is 2.03. The van der Waals surface area contributed by atoms with Crippen molar-refractivity contribution in [2.45, 2.75) is 25.5 Å². The number of carbonyl (C=O) groups is 1. The lowest BCUT2D eigenvalue weighted by Gasteiger charge is -2.04. The molecule has 0 radical (unpaired) electrons. The molecule has 1 aliphatic rings. The van der Waals surface area contributed by atoms with E-state index in [1.54, 1.807) is 18.7 Å². The van der Waals surface area contributed by atoms with Crippen LogP contribution in [-0.4, -0.2) is 17.8 Å². The van der Waals surface area contributed by atoms with Crippen LogP contribution in [0.5, 0.6) is 0 Å². The Kier molecular flexibility index (Phi) is 4.09. The number of thioether (sulfide) groups is 1. The van der Waals surface area contributed by atoms with Gasteiger partial charge < -0.3 is 4.74 Å². The molecular formula is C10H14O2S. The number of esters is 1. The summed E-state index contributed by atoms with van der Waals surface area (Å²) < 4.78 is 4.88. The van der Waals surface area contributed by atoms with Gasteiger partial charge in [0, 0.05) is 10.8 Å². The fourth-order valence-electron chi connectivity index (χ4n) is 1.10. The van der Waals surface area contributed by atoms with E-state index in [2.05, 4.69) is 11.5 Å². The highest BCUT2D eigenvalue weighted by Crippen LogP contribution is 2.25. The third-order valence-corrected chi connectivity index (χ3v) is 2.78. The smallest absolute Gasteiger partial charge is 0.333 e. The van der Waals surface area contributed by atoms with Crippen molar-refractivity contribution in [1.29, 1.82) is 0 Å². The molecule has 1 heterocycles. The molecule has 1 rings (SSSR count). The molecule has 0 aromatic rings. The average molecular weight is 198 g/mol. The van der Waals surface area contributed by atoms with Crippen molar-refractivity contribution in [3.05, 3.63) is 23.1 Å². The molecule has 1 atom stereocenters. The maximum atomic E-state index is 11.2. The van der Waals surface area contributed by atoms with Crippen molar-refractivity contribution in [1.82, 2.24) is 0 Å². The molecule has 2 nitrogen and oxygen atoms in total. The van der Waals surface area contributed by atoms with Crippen molar-refractivity contribution < 1.29 is 9.53 Å². The van der Waals surface area contributed by atoms with Crippen LogP contribution in [0.25, 0.3) is 0 Å². The zero-order chi connectivity index (χ0) is 9.68. The van der Waals surface area contributed by atoms with Gasteiger partial charge in [-0.2, -0.15) is 0 Å². The summed E-state index contributed by atoms with van der Waals surface area (Å²) in [4.78, 5) is 11.2. The third kappa shape index (κ3) is 3.27. The van der Waals surface area contributed by atoms with Gasteiger partial charge in [0.15, 0.2) is 0 Å². The summed E-state index contributed by atoms with van der Waals surface area (Å²) >= 11 is 1.74. The van der Waals surface area contributed by atoms with Gasteiger partial charge in [0.2, 0.25) is 0 Å². The molecule has 1 aliphatic heterocycles. The van der Waals surface area contributed by atoms with E-state index in [4.69, 9.17) is 4.74 Å². The predicted molar refractivity (Wildman–Crippen MR) is 55.5 cm³/mol. The number of carbonyl (C=O) groups excluding carboxylic acids is 1. The lowest BCUT2D eigenvalue weighted by Crippen LogP contribution is -2.07. The van der Waals surface area contributed by atoms with Crippen LogP contribution in [0.1, 0.15) is 20.3 Å². The SMILES string of the molecule is CCOC(=O)/C(C)=C/C1CC=CS1. The first-order valence-electron chi connectivity index (χ1n) is 4.40. The topological polar surface area (TPSA) is 26.3 Å². The van der Waals surface area contributed by atoms with Crippen molar-refractivity contribution >= 4 is 17.7 Å².